The van der Waals surface area contributed by atoms with Gasteiger partial charge in [-0.1, -0.05) is 60.7 Å². The lowest BCUT2D eigenvalue weighted by Crippen LogP contribution is -2.51. The number of methoxy groups -OCH3 is 1. The van der Waals surface area contributed by atoms with Crippen LogP contribution in [0.4, 0.5) is 4.79 Å². The first kappa shape index (κ1) is 20.4. The average molecular weight is 418 g/mol. The summed E-state index contributed by atoms with van der Waals surface area (Å²) < 4.78 is 10.1. The van der Waals surface area contributed by atoms with E-state index in [0.29, 0.717) is 18.6 Å². The van der Waals surface area contributed by atoms with E-state index in [9.17, 15) is 14.4 Å². The Morgan fingerprint density at radius 1 is 0.935 bits per heavy atom. The van der Waals surface area contributed by atoms with Crippen molar-refractivity contribution in [1.29, 1.82) is 0 Å². The normalized spacial score (nSPS) is 15.1. The molecule has 31 heavy (non-hydrogen) atoms. The zero-order valence-corrected chi connectivity index (χ0v) is 17.0. The highest BCUT2D eigenvalue weighted by Gasteiger charge is 2.51. The summed E-state index contributed by atoms with van der Waals surface area (Å²) >= 11 is 0. The van der Waals surface area contributed by atoms with E-state index >= 15 is 0 Å². The third kappa shape index (κ3) is 4.21. The van der Waals surface area contributed by atoms with Gasteiger partial charge in [-0.15, -0.1) is 0 Å². The number of nitrogens with one attached hydrogen (secondary N) is 1. The van der Waals surface area contributed by atoms with Gasteiger partial charge in [-0.2, -0.15) is 0 Å². The third-order valence-corrected chi connectivity index (χ3v) is 5.31. The van der Waals surface area contributed by atoms with Gasteiger partial charge >= 0.3 is 12.0 Å². The van der Waals surface area contributed by atoms with Crippen molar-refractivity contribution in [2.24, 2.45) is 0 Å². The fourth-order valence-electron chi connectivity index (χ4n) is 3.84. The van der Waals surface area contributed by atoms with E-state index in [1.54, 1.807) is 6.07 Å². The first-order chi connectivity index (χ1) is 15.0. The molecule has 0 spiro atoms. The van der Waals surface area contributed by atoms with Crippen molar-refractivity contribution in [3.63, 3.8) is 0 Å². The van der Waals surface area contributed by atoms with Crippen molar-refractivity contribution in [2.45, 2.75) is 24.9 Å². The van der Waals surface area contributed by atoms with Gasteiger partial charge in [0.1, 0.15) is 11.3 Å². The number of hydrogen-bond acceptors (Lipinski definition) is 5. The molecule has 0 saturated carbocycles. The summed E-state index contributed by atoms with van der Waals surface area (Å²) in [5.74, 6) is -0.615. The second-order valence-corrected chi connectivity index (χ2v) is 7.49. The second kappa shape index (κ2) is 8.47. The van der Waals surface area contributed by atoms with Crippen LogP contribution in [0, 0.1) is 0 Å². The minimum Gasteiger partial charge on any atom is -0.463 e. The van der Waals surface area contributed by atoms with E-state index in [2.05, 4.69) is 10.1 Å². The summed E-state index contributed by atoms with van der Waals surface area (Å²) in [4.78, 5) is 39.2. The molecule has 1 aromatic heterocycles. The number of esters is 1. The van der Waals surface area contributed by atoms with Crippen LogP contribution >= 0.6 is 0 Å². The molecule has 0 aliphatic carbocycles. The van der Waals surface area contributed by atoms with Crippen molar-refractivity contribution in [3.8, 4) is 0 Å². The largest absolute Gasteiger partial charge is 0.463 e. The van der Waals surface area contributed by atoms with Crippen LogP contribution in [0.15, 0.2) is 77.2 Å². The highest BCUT2D eigenvalue weighted by Crippen LogP contribution is 2.28. The van der Waals surface area contributed by atoms with Gasteiger partial charge in [0, 0.05) is 12.8 Å². The Labute approximate surface area is 179 Å². The van der Waals surface area contributed by atoms with Crippen molar-refractivity contribution >= 4 is 17.9 Å². The van der Waals surface area contributed by atoms with Crippen molar-refractivity contribution in [1.82, 2.24) is 10.2 Å². The summed E-state index contributed by atoms with van der Waals surface area (Å²) in [7, 11) is 1.25. The summed E-state index contributed by atoms with van der Waals surface area (Å²) in [5, 5.41) is 2.93. The number of furan rings is 1. The molecule has 1 N–H and O–H groups in total. The fourth-order valence-corrected chi connectivity index (χ4v) is 3.84. The lowest BCUT2D eigenvalue weighted by molar-refractivity contribution is -0.131. The van der Waals surface area contributed by atoms with Crippen LogP contribution in [0.2, 0.25) is 0 Å². The molecule has 0 atom stereocenters. The number of carbonyl (C=O) groups excluding carboxylic acids is 3. The summed E-state index contributed by atoms with van der Waals surface area (Å²) in [5.41, 5.74) is 0.775. The molecule has 1 saturated heterocycles. The first-order valence-corrected chi connectivity index (χ1v) is 9.90. The Morgan fingerprint density at radius 2 is 1.52 bits per heavy atom. The Kier molecular flexibility index (Phi) is 5.58. The Morgan fingerprint density at radius 3 is 2.06 bits per heavy atom. The summed E-state index contributed by atoms with van der Waals surface area (Å²) in [6.45, 7) is -0.0764. The maximum Gasteiger partial charge on any atom is 0.373 e. The van der Waals surface area contributed by atoms with E-state index in [1.807, 2.05) is 60.7 Å². The van der Waals surface area contributed by atoms with E-state index in [1.165, 1.54) is 13.2 Å². The minimum atomic E-state index is -1.11. The molecule has 3 aromatic rings. The van der Waals surface area contributed by atoms with Gasteiger partial charge in [-0.25, -0.2) is 9.59 Å². The minimum absolute atomic E-state index is 0.0180. The third-order valence-electron chi connectivity index (χ3n) is 5.31. The smallest absolute Gasteiger partial charge is 0.373 e. The number of hydrogen-bond donors (Lipinski definition) is 1. The monoisotopic (exact) mass is 418 g/mol. The Hall–Kier alpha value is -3.87. The molecule has 0 unspecified atom stereocenters. The molecule has 0 radical (unpaired) electrons. The number of benzene rings is 2. The topological polar surface area (TPSA) is 88.9 Å². The van der Waals surface area contributed by atoms with Crippen molar-refractivity contribution < 1.29 is 23.5 Å². The molecule has 0 bridgehead atoms. The number of rotatable bonds is 7. The molecule has 158 valence electrons. The SMILES string of the molecule is COC(=O)c1ccc(CN2C(=O)NC(Cc3ccccc3)(Cc3ccccc3)C2=O)o1. The van der Waals surface area contributed by atoms with Crippen LogP contribution in [0.1, 0.15) is 27.4 Å². The molecule has 1 fully saturated rings. The quantitative estimate of drug-likeness (QED) is 0.470. The van der Waals surface area contributed by atoms with Gasteiger partial charge < -0.3 is 14.5 Å². The molecule has 7 nitrogen and oxygen atoms in total. The van der Waals surface area contributed by atoms with Crippen LogP contribution in [-0.4, -0.2) is 35.5 Å². The standard InChI is InChI=1S/C24H22N2O5/c1-30-21(27)20-13-12-19(31-20)16-26-22(28)24(25-23(26)29,14-17-8-4-2-5-9-17)15-18-10-6-3-7-11-18/h2-13H,14-16H2,1H3,(H,25,29). The predicted molar refractivity (Wildman–Crippen MR) is 112 cm³/mol. The van der Waals surface area contributed by atoms with E-state index in [4.69, 9.17) is 4.42 Å². The van der Waals surface area contributed by atoms with Crippen LogP contribution in [0.25, 0.3) is 0 Å². The second-order valence-electron chi connectivity index (χ2n) is 7.49. The molecule has 4 rings (SSSR count). The Bertz CT molecular complexity index is 1050. The molecule has 1 aliphatic heterocycles. The molecular weight excluding hydrogens is 396 g/mol. The fraction of sp³-hybridized carbons (Fsp3) is 0.208. The molecule has 7 heteroatoms. The highest BCUT2D eigenvalue weighted by molar-refractivity contribution is 6.07. The molecule has 1 aliphatic rings. The number of nitrogens with zero attached hydrogens (tertiary/aromatic N) is 1. The predicted octanol–water partition coefficient (Wildman–Crippen LogP) is 3.34. The van der Waals surface area contributed by atoms with Crippen LogP contribution < -0.4 is 5.32 Å². The van der Waals surface area contributed by atoms with E-state index < -0.39 is 17.5 Å². The molecule has 2 aromatic carbocycles. The van der Waals surface area contributed by atoms with Crippen LogP contribution in [-0.2, 0) is 28.9 Å². The summed E-state index contributed by atoms with van der Waals surface area (Å²) in [6, 6.07) is 21.7. The maximum absolute atomic E-state index is 13.6. The lowest BCUT2D eigenvalue weighted by atomic mass is 9.84. The molecule has 3 amide bonds. The van der Waals surface area contributed by atoms with Gasteiger partial charge in [0.25, 0.3) is 5.91 Å². The maximum atomic E-state index is 13.6. The van der Waals surface area contributed by atoms with Crippen molar-refractivity contribution in [3.05, 3.63) is 95.4 Å². The zero-order valence-electron chi connectivity index (χ0n) is 17.0. The van der Waals surface area contributed by atoms with Gasteiger partial charge in [0.05, 0.1) is 13.7 Å². The Balaban J connectivity index is 1.62. The van der Waals surface area contributed by atoms with E-state index in [-0.39, 0.29) is 18.2 Å². The number of ether oxygens (including phenoxy) is 1. The summed E-state index contributed by atoms with van der Waals surface area (Å²) in [6.07, 6.45) is 0.713. The van der Waals surface area contributed by atoms with Gasteiger partial charge in [-0.05, 0) is 23.3 Å². The van der Waals surface area contributed by atoms with Gasteiger partial charge in [0.15, 0.2) is 0 Å². The van der Waals surface area contributed by atoms with E-state index in [0.717, 1.165) is 16.0 Å². The van der Waals surface area contributed by atoms with Gasteiger partial charge in [0.2, 0.25) is 5.76 Å². The number of urea groups is 1. The van der Waals surface area contributed by atoms with Crippen molar-refractivity contribution in [2.75, 3.05) is 7.11 Å². The lowest BCUT2D eigenvalue weighted by Gasteiger charge is -2.27. The van der Waals surface area contributed by atoms with Crippen LogP contribution in [0.5, 0.6) is 0 Å². The average Bonchev–Trinajstić information content (AvgIpc) is 3.34. The zero-order chi connectivity index (χ0) is 21.8. The van der Waals surface area contributed by atoms with Gasteiger partial charge in [-0.3, -0.25) is 9.69 Å². The number of carbonyl (C=O) groups is 3. The highest BCUT2D eigenvalue weighted by atomic mass is 16.5. The molecular formula is C24H22N2O5. The molecule has 2 heterocycles. The first-order valence-electron chi connectivity index (χ1n) is 9.90. The number of imide groups is 1. The number of amides is 3. The van der Waals surface area contributed by atoms with Crippen LogP contribution in [0.3, 0.4) is 0 Å².